The third-order valence-corrected chi connectivity index (χ3v) is 3.92. The Bertz CT molecular complexity index is 273. The molecule has 0 aromatic heterocycles. The third-order valence-electron chi connectivity index (χ3n) is 3.92. The monoisotopic (exact) mass is 341 g/mol. The van der Waals surface area contributed by atoms with Crippen LogP contribution in [0.2, 0.25) is 0 Å². The SMILES string of the molecule is CCCCCCCCCCC(O)CN(CCO)CCC(=O)O.[H-].[Na+]. The van der Waals surface area contributed by atoms with Gasteiger partial charge in [0.1, 0.15) is 0 Å². The molecule has 0 aliphatic carbocycles. The van der Waals surface area contributed by atoms with Gasteiger partial charge in [-0.2, -0.15) is 0 Å². The van der Waals surface area contributed by atoms with Gasteiger partial charge in [0.25, 0.3) is 0 Å². The minimum atomic E-state index is -0.847. The van der Waals surface area contributed by atoms with Crippen LogP contribution in [0, 0.1) is 0 Å². The standard InChI is InChI=1S/C17H35NO4.Na.H/c1-2-3-4-5-6-7-8-9-10-16(20)15-18(13-14-19)12-11-17(21)22;;/h16,19-20H,2-15H2,1H3,(H,21,22);;/q;+1;-1. The Balaban J connectivity index is -0.00000220. The van der Waals surface area contributed by atoms with Crippen LogP contribution >= 0.6 is 0 Å². The number of carboxylic acid groups (broad SMARTS) is 1. The molecule has 1 unspecified atom stereocenters. The molecule has 0 saturated heterocycles. The van der Waals surface area contributed by atoms with Gasteiger partial charge in [-0.05, 0) is 6.42 Å². The first-order chi connectivity index (χ1) is 10.6. The fraction of sp³-hybridized carbons (Fsp3) is 0.941. The van der Waals surface area contributed by atoms with Crippen molar-refractivity contribution in [3.63, 3.8) is 0 Å². The van der Waals surface area contributed by atoms with Gasteiger partial charge >= 0.3 is 35.5 Å². The number of aliphatic hydroxyl groups excluding tert-OH is 2. The summed E-state index contributed by atoms with van der Waals surface area (Å²) in [7, 11) is 0. The maximum atomic E-state index is 10.6. The van der Waals surface area contributed by atoms with E-state index < -0.39 is 12.1 Å². The van der Waals surface area contributed by atoms with Crippen LogP contribution in [0.15, 0.2) is 0 Å². The zero-order valence-corrected chi connectivity index (χ0v) is 17.2. The summed E-state index contributed by atoms with van der Waals surface area (Å²) < 4.78 is 0. The van der Waals surface area contributed by atoms with E-state index in [4.69, 9.17) is 10.2 Å². The van der Waals surface area contributed by atoms with E-state index in [2.05, 4.69) is 6.92 Å². The van der Waals surface area contributed by atoms with Gasteiger partial charge in [-0.15, -0.1) is 0 Å². The van der Waals surface area contributed by atoms with Crippen molar-refractivity contribution < 1.29 is 51.1 Å². The molecule has 0 aliphatic heterocycles. The number of carboxylic acids is 1. The van der Waals surface area contributed by atoms with Crippen molar-refractivity contribution in [2.75, 3.05) is 26.2 Å². The van der Waals surface area contributed by atoms with Crippen LogP contribution in [0.3, 0.4) is 0 Å². The number of aliphatic carboxylic acids is 1. The van der Waals surface area contributed by atoms with E-state index in [1.165, 1.54) is 38.5 Å². The summed E-state index contributed by atoms with van der Waals surface area (Å²) in [6, 6.07) is 0. The second kappa shape index (κ2) is 18.7. The number of aliphatic hydroxyl groups is 2. The summed E-state index contributed by atoms with van der Waals surface area (Å²) in [5.74, 6) is -0.847. The molecule has 0 aromatic carbocycles. The minimum Gasteiger partial charge on any atom is -1.00 e. The fourth-order valence-corrected chi connectivity index (χ4v) is 2.59. The Hall–Kier alpha value is 0.350. The molecule has 0 heterocycles. The van der Waals surface area contributed by atoms with E-state index in [0.29, 0.717) is 19.6 Å². The Morgan fingerprint density at radius 2 is 1.61 bits per heavy atom. The molecule has 0 saturated carbocycles. The van der Waals surface area contributed by atoms with Crippen molar-refractivity contribution in [1.29, 1.82) is 0 Å². The molecule has 0 aromatic rings. The minimum absolute atomic E-state index is 0. The van der Waals surface area contributed by atoms with Gasteiger partial charge in [0, 0.05) is 19.6 Å². The third kappa shape index (κ3) is 18.5. The predicted octanol–water partition coefficient (Wildman–Crippen LogP) is -0.236. The maximum Gasteiger partial charge on any atom is 1.00 e. The summed E-state index contributed by atoms with van der Waals surface area (Å²) in [6.07, 6.45) is 10.3. The zero-order valence-electron chi connectivity index (χ0n) is 16.2. The van der Waals surface area contributed by atoms with Crippen molar-refractivity contribution in [1.82, 2.24) is 4.90 Å². The smallest absolute Gasteiger partial charge is 1.00 e. The molecule has 1 atom stereocenters. The number of hydrogen-bond acceptors (Lipinski definition) is 4. The van der Waals surface area contributed by atoms with E-state index in [1.807, 2.05) is 4.90 Å². The van der Waals surface area contributed by atoms with Gasteiger partial charge in [-0.3, -0.25) is 9.69 Å². The summed E-state index contributed by atoms with van der Waals surface area (Å²) in [5, 5.41) is 27.7. The molecule has 6 heteroatoms. The summed E-state index contributed by atoms with van der Waals surface area (Å²) in [4.78, 5) is 12.4. The predicted molar refractivity (Wildman–Crippen MR) is 90.1 cm³/mol. The Labute approximate surface area is 165 Å². The molecular weight excluding hydrogens is 305 g/mol. The largest absolute Gasteiger partial charge is 1.00 e. The van der Waals surface area contributed by atoms with Crippen LogP contribution in [0.1, 0.15) is 72.6 Å². The molecule has 0 rings (SSSR count). The van der Waals surface area contributed by atoms with E-state index in [0.717, 1.165) is 19.3 Å². The number of rotatable bonds is 16. The molecule has 0 bridgehead atoms. The second-order valence-electron chi connectivity index (χ2n) is 6.09. The topological polar surface area (TPSA) is 81.0 Å². The van der Waals surface area contributed by atoms with Gasteiger partial charge in [0.2, 0.25) is 0 Å². The van der Waals surface area contributed by atoms with Crippen molar-refractivity contribution in [3.8, 4) is 0 Å². The van der Waals surface area contributed by atoms with Crippen LogP contribution in [-0.2, 0) is 4.79 Å². The molecule has 134 valence electrons. The zero-order chi connectivity index (χ0) is 16.6. The summed E-state index contributed by atoms with van der Waals surface area (Å²) in [5.41, 5.74) is 0. The average Bonchev–Trinajstić information content (AvgIpc) is 2.47. The molecule has 5 nitrogen and oxygen atoms in total. The first kappa shape index (κ1) is 25.6. The molecule has 3 N–H and O–H groups in total. The first-order valence-electron chi connectivity index (χ1n) is 8.83. The molecule has 0 spiro atoms. The molecular formula is C17H36NNaO4. The molecule has 0 radical (unpaired) electrons. The molecule has 0 fully saturated rings. The quantitative estimate of drug-likeness (QED) is 0.267. The van der Waals surface area contributed by atoms with Crippen LogP contribution in [-0.4, -0.2) is 58.5 Å². The van der Waals surface area contributed by atoms with Crippen LogP contribution in [0.5, 0.6) is 0 Å². The van der Waals surface area contributed by atoms with Gasteiger partial charge < -0.3 is 16.7 Å². The van der Waals surface area contributed by atoms with Crippen molar-refractivity contribution in [2.45, 2.75) is 77.2 Å². The van der Waals surface area contributed by atoms with Gasteiger partial charge in [0.15, 0.2) is 0 Å². The van der Waals surface area contributed by atoms with Gasteiger partial charge in [0.05, 0.1) is 19.1 Å². The van der Waals surface area contributed by atoms with E-state index in [-0.39, 0.29) is 44.0 Å². The maximum absolute atomic E-state index is 10.6. The van der Waals surface area contributed by atoms with E-state index >= 15 is 0 Å². The second-order valence-corrected chi connectivity index (χ2v) is 6.09. The van der Waals surface area contributed by atoms with E-state index in [1.54, 1.807) is 0 Å². The van der Waals surface area contributed by atoms with E-state index in [9.17, 15) is 9.90 Å². The summed E-state index contributed by atoms with van der Waals surface area (Å²) >= 11 is 0. The van der Waals surface area contributed by atoms with Gasteiger partial charge in [-0.1, -0.05) is 58.3 Å². The number of hydrogen-bond donors (Lipinski definition) is 3. The Morgan fingerprint density at radius 1 is 1.04 bits per heavy atom. The Morgan fingerprint density at radius 3 is 2.13 bits per heavy atom. The van der Waals surface area contributed by atoms with Crippen molar-refractivity contribution in [3.05, 3.63) is 0 Å². The molecule has 23 heavy (non-hydrogen) atoms. The normalized spacial score (nSPS) is 12.2. The van der Waals surface area contributed by atoms with Crippen molar-refractivity contribution >= 4 is 5.97 Å². The van der Waals surface area contributed by atoms with Crippen molar-refractivity contribution in [2.24, 2.45) is 0 Å². The molecule has 0 amide bonds. The summed E-state index contributed by atoms with van der Waals surface area (Å²) in [6.45, 7) is 3.46. The number of unbranched alkanes of at least 4 members (excludes halogenated alkanes) is 7. The molecule has 0 aliphatic rings. The van der Waals surface area contributed by atoms with Crippen LogP contribution in [0.25, 0.3) is 0 Å². The average molecular weight is 341 g/mol. The number of nitrogens with zero attached hydrogens (tertiary/aromatic N) is 1. The van der Waals surface area contributed by atoms with Crippen LogP contribution in [0.4, 0.5) is 0 Å². The number of carbonyl (C=O) groups is 1. The Kier molecular flexibility index (Phi) is 20.8. The van der Waals surface area contributed by atoms with Gasteiger partial charge in [-0.25, -0.2) is 0 Å². The first-order valence-corrected chi connectivity index (χ1v) is 8.83. The van der Waals surface area contributed by atoms with Crippen LogP contribution < -0.4 is 29.6 Å². The fourth-order valence-electron chi connectivity index (χ4n) is 2.59.